The van der Waals surface area contributed by atoms with Crippen LogP contribution in [-0.4, -0.2) is 70.3 Å². The maximum atomic E-state index is 12.6. The molecule has 1 fully saturated rings. The zero-order valence-electron chi connectivity index (χ0n) is 19.3. The van der Waals surface area contributed by atoms with Gasteiger partial charge in [0.2, 0.25) is 0 Å². The second kappa shape index (κ2) is 10.7. The van der Waals surface area contributed by atoms with Crippen molar-refractivity contribution in [1.29, 1.82) is 0 Å². The standard InChI is InChI=1S/C25H32N4O4/c1-28-11-3-4-18-16-19(5-10-22(18)28)23(29-12-14-33-15-13-29)17-26-24(30)25(31)27-20-6-8-21(32-2)9-7-20/h5-10,16,23H,3-4,11-15,17H2,1-2H3,(H,26,30)(H,27,31)/t23-/m1/s1. The molecule has 2 aromatic rings. The number of hydrogen-bond donors (Lipinski definition) is 2. The van der Waals surface area contributed by atoms with Crippen LogP contribution in [-0.2, 0) is 20.7 Å². The molecule has 0 aliphatic carbocycles. The number of hydrogen-bond acceptors (Lipinski definition) is 6. The molecule has 0 spiro atoms. The minimum Gasteiger partial charge on any atom is -0.497 e. The van der Waals surface area contributed by atoms with Crippen LogP contribution < -0.4 is 20.3 Å². The van der Waals surface area contributed by atoms with Crippen molar-refractivity contribution in [1.82, 2.24) is 10.2 Å². The van der Waals surface area contributed by atoms with Crippen LogP contribution in [0.3, 0.4) is 0 Å². The Hall–Kier alpha value is -3.10. The summed E-state index contributed by atoms with van der Waals surface area (Å²) in [6.45, 7) is 4.32. The van der Waals surface area contributed by atoms with Gasteiger partial charge in [0.25, 0.3) is 0 Å². The van der Waals surface area contributed by atoms with Crippen LogP contribution in [0.2, 0.25) is 0 Å². The van der Waals surface area contributed by atoms with Crippen molar-refractivity contribution < 1.29 is 19.1 Å². The summed E-state index contributed by atoms with van der Waals surface area (Å²) in [5.74, 6) is -0.656. The Morgan fingerprint density at radius 2 is 1.82 bits per heavy atom. The fraction of sp³-hybridized carbons (Fsp3) is 0.440. The van der Waals surface area contributed by atoms with Crippen molar-refractivity contribution >= 4 is 23.2 Å². The average Bonchev–Trinajstić information content (AvgIpc) is 2.85. The predicted molar refractivity (Wildman–Crippen MR) is 128 cm³/mol. The third kappa shape index (κ3) is 5.64. The van der Waals surface area contributed by atoms with Gasteiger partial charge in [-0.15, -0.1) is 0 Å². The number of carbonyl (C=O) groups excluding carboxylic acids is 2. The molecule has 4 rings (SSSR count). The van der Waals surface area contributed by atoms with E-state index in [1.807, 2.05) is 0 Å². The first kappa shape index (κ1) is 23.1. The van der Waals surface area contributed by atoms with Gasteiger partial charge >= 0.3 is 11.8 Å². The molecule has 2 aliphatic rings. The summed E-state index contributed by atoms with van der Waals surface area (Å²) in [7, 11) is 3.70. The number of aryl methyl sites for hydroxylation is 1. The molecule has 1 saturated heterocycles. The molecule has 2 aromatic carbocycles. The zero-order chi connectivity index (χ0) is 23.2. The highest BCUT2D eigenvalue weighted by atomic mass is 16.5. The van der Waals surface area contributed by atoms with Crippen LogP contribution in [0.5, 0.6) is 5.75 Å². The molecule has 2 heterocycles. The van der Waals surface area contributed by atoms with Gasteiger partial charge in [-0.25, -0.2) is 0 Å². The van der Waals surface area contributed by atoms with E-state index in [1.165, 1.54) is 11.3 Å². The molecule has 33 heavy (non-hydrogen) atoms. The molecule has 8 heteroatoms. The molecule has 0 aromatic heterocycles. The van der Waals surface area contributed by atoms with E-state index in [1.54, 1.807) is 31.4 Å². The molecule has 1 atom stereocenters. The number of nitrogens with zero attached hydrogens (tertiary/aromatic N) is 2. The minimum atomic E-state index is -0.687. The average molecular weight is 453 g/mol. The second-order valence-corrected chi connectivity index (χ2v) is 8.47. The summed E-state index contributed by atoms with van der Waals surface area (Å²) >= 11 is 0. The third-order valence-electron chi connectivity index (χ3n) is 6.34. The predicted octanol–water partition coefficient (Wildman–Crippen LogP) is 2.21. The largest absolute Gasteiger partial charge is 0.497 e. The van der Waals surface area contributed by atoms with Gasteiger partial charge in [0.15, 0.2) is 0 Å². The van der Waals surface area contributed by atoms with Crippen LogP contribution in [0.15, 0.2) is 42.5 Å². The van der Waals surface area contributed by atoms with E-state index in [0.717, 1.165) is 38.0 Å². The van der Waals surface area contributed by atoms with E-state index >= 15 is 0 Å². The lowest BCUT2D eigenvalue weighted by Gasteiger charge is -2.36. The van der Waals surface area contributed by atoms with Crippen LogP contribution in [0.4, 0.5) is 11.4 Å². The zero-order valence-corrected chi connectivity index (χ0v) is 19.3. The van der Waals surface area contributed by atoms with Crippen molar-refractivity contribution in [3.05, 3.63) is 53.6 Å². The van der Waals surface area contributed by atoms with E-state index in [0.29, 0.717) is 31.2 Å². The Labute approximate surface area is 194 Å². The Balaban J connectivity index is 1.44. The monoisotopic (exact) mass is 452 g/mol. The summed E-state index contributed by atoms with van der Waals surface area (Å²) in [6, 6.07) is 13.4. The number of rotatable bonds is 6. The van der Waals surface area contributed by atoms with Gasteiger partial charge in [-0.3, -0.25) is 14.5 Å². The molecule has 8 nitrogen and oxygen atoms in total. The maximum absolute atomic E-state index is 12.6. The molecule has 0 saturated carbocycles. The number of benzene rings is 2. The highest BCUT2D eigenvalue weighted by molar-refractivity contribution is 6.39. The SMILES string of the molecule is COc1ccc(NC(=O)C(=O)NC[C@H](c2ccc3c(c2)CCCN3C)N2CCOCC2)cc1. The maximum Gasteiger partial charge on any atom is 0.313 e. The van der Waals surface area contributed by atoms with Crippen LogP contribution in [0.1, 0.15) is 23.6 Å². The second-order valence-electron chi connectivity index (χ2n) is 8.47. The summed E-state index contributed by atoms with van der Waals surface area (Å²) in [6.07, 6.45) is 2.19. The van der Waals surface area contributed by atoms with E-state index in [4.69, 9.17) is 9.47 Å². The van der Waals surface area contributed by atoms with Gasteiger partial charge < -0.3 is 25.0 Å². The number of anilines is 2. The highest BCUT2D eigenvalue weighted by Crippen LogP contribution is 2.31. The van der Waals surface area contributed by atoms with Gasteiger partial charge in [0, 0.05) is 44.6 Å². The number of fused-ring (bicyclic) bond motifs is 1. The summed E-state index contributed by atoms with van der Waals surface area (Å²) in [4.78, 5) is 29.6. The lowest BCUT2D eigenvalue weighted by atomic mass is 9.95. The molecule has 0 bridgehead atoms. The minimum absolute atomic E-state index is 0.0239. The van der Waals surface area contributed by atoms with Gasteiger partial charge in [-0.05, 0) is 54.3 Å². The first-order valence-corrected chi connectivity index (χ1v) is 11.4. The quantitative estimate of drug-likeness (QED) is 0.654. The van der Waals surface area contributed by atoms with Gasteiger partial charge in [-0.2, -0.15) is 0 Å². The van der Waals surface area contributed by atoms with Crippen molar-refractivity contribution in [2.75, 3.05) is 63.8 Å². The Morgan fingerprint density at radius 3 is 2.55 bits per heavy atom. The Bertz CT molecular complexity index is 973. The smallest absolute Gasteiger partial charge is 0.313 e. The lowest BCUT2D eigenvalue weighted by Crippen LogP contribution is -2.45. The molecule has 2 amide bonds. The summed E-state index contributed by atoms with van der Waals surface area (Å²) < 4.78 is 10.6. The number of methoxy groups -OCH3 is 1. The third-order valence-corrected chi connectivity index (χ3v) is 6.34. The van der Waals surface area contributed by atoms with Gasteiger partial charge in [0.05, 0.1) is 26.4 Å². The fourth-order valence-corrected chi connectivity index (χ4v) is 4.49. The molecular formula is C25H32N4O4. The number of ether oxygens (including phenoxy) is 2. The normalized spacial score (nSPS) is 17.1. The number of nitrogens with one attached hydrogen (secondary N) is 2. The van der Waals surface area contributed by atoms with E-state index in [2.05, 4.69) is 45.7 Å². The van der Waals surface area contributed by atoms with Crippen molar-refractivity contribution in [3.63, 3.8) is 0 Å². The van der Waals surface area contributed by atoms with Crippen LogP contribution >= 0.6 is 0 Å². The van der Waals surface area contributed by atoms with E-state index in [9.17, 15) is 9.59 Å². The first-order chi connectivity index (χ1) is 16.0. The van der Waals surface area contributed by atoms with Gasteiger partial charge in [-0.1, -0.05) is 12.1 Å². The molecule has 2 aliphatic heterocycles. The Kier molecular flexibility index (Phi) is 7.47. The molecule has 0 radical (unpaired) electrons. The summed E-state index contributed by atoms with van der Waals surface area (Å²) in [5, 5.41) is 5.48. The van der Waals surface area contributed by atoms with Crippen LogP contribution in [0, 0.1) is 0 Å². The molecule has 2 N–H and O–H groups in total. The first-order valence-electron chi connectivity index (χ1n) is 11.4. The van der Waals surface area contributed by atoms with Crippen molar-refractivity contribution in [2.45, 2.75) is 18.9 Å². The van der Waals surface area contributed by atoms with Crippen molar-refractivity contribution in [2.24, 2.45) is 0 Å². The lowest BCUT2D eigenvalue weighted by molar-refractivity contribution is -0.136. The van der Waals surface area contributed by atoms with Crippen molar-refractivity contribution in [3.8, 4) is 5.75 Å². The van der Waals surface area contributed by atoms with E-state index < -0.39 is 11.8 Å². The fourth-order valence-electron chi connectivity index (χ4n) is 4.49. The number of carbonyl (C=O) groups is 2. The molecule has 176 valence electrons. The van der Waals surface area contributed by atoms with Crippen LogP contribution in [0.25, 0.3) is 0 Å². The van der Waals surface area contributed by atoms with E-state index in [-0.39, 0.29) is 6.04 Å². The Morgan fingerprint density at radius 1 is 1.06 bits per heavy atom. The van der Waals surface area contributed by atoms with Gasteiger partial charge in [0.1, 0.15) is 5.75 Å². The summed E-state index contributed by atoms with van der Waals surface area (Å²) in [5.41, 5.74) is 4.30. The molecular weight excluding hydrogens is 420 g/mol. The topological polar surface area (TPSA) is 83.1 Å². The number of morpholine rings is 1. The highest BCUT2D eigenvalue weighted by Gasteiger charge is 2.26. The molecule has 0 unspecified atom stereocenters. The number of amides is 2.